The van der Waals surface area contributed by atoms with Gasteiger partial charge in [-0.1, -0.05) is 32.3 Å². The fourth-order valence-electron chi connectivity index (χ4n) is 2.99. The summed E-state index contributed by atoms with van der Waals surface area (Å²) in [5, 5.41) is 0. The van der Waals surface area contributed by atoms with Crippen molar-refractivity contribution in [2.45, 2.75) is 51.6 Å². The molecule has 0 spiro atoms. The van der Waals surface area contributed by atoms with Crippen LogP contribution >= 0.6 is 15.9 Å². The van der Waals surface area contributed by atoms with Gasteiger partial charge >= 0.3 is 0 Å². The summed E-state index contributed by atoms with van der Waals surface area (Å²) in [4.78, 5) is 2.62. The second kappa shape index (κ2) is 7.30. The van der Waals surface area contributed by atoms with Crippen molar-refractivity contribution in [3.8, 4) is 5.75 Å². The van der Waals surface area contributed by atoms with E-state index in [9.17, 15) is 0 Å². The molecule has 0 bridgehead atoms. The first-order valence-electron chi connectivity index (χ1n) is 7.31. The van der Waals surface area contributed by atoms with E-state index in [2.05, 4.69) is 39.9 Å². The first-order chi connectivity index (χ1) is 9.24. The molecule has 1 aliphatic rings. The van der Waals surface area contributed by atoms with Crippen molar-refractivity contribution >= 4 is 15.9 Å². The summed E-state index contributed by atoms with van der Waals surface area (Å²) in [6.07, 6.45) is 6.94. The van der Waals surface area contributed by atoms with Crippen LogP contribution in [0.2, 0.25) is 0 Å². The van der Waals surface area contributed by atoms with E-state index in [1.165, 1.54) is 37.7 Å². The van der Waals surface area contributed by atoms with Gasteiger partial charge in [-0.05, 0) is 53.0 Å². The van der Waals surface area contributed by atoms with Crippen molar-refractivity contribution in [2.75, 3.05) is 13.7 Å². The van der Waals surface area contributed by atoms with Crippen LogP contribution in [0, 0.1) is 0 Å². The molecule has 0 atom stereocenters. The largest absolute Gasteiger partial charge is 0.496 e. The molecule has 2 nitrogen and oxygen atoms in total. The average molecular weight is 326 g/mol. The first-order valence-corrected chi connectivity index (χ1v) is 8.10. The summed E-state index contributed by atoms with van der Waals surface area (Å²) < 4.78 is 6.34. The first kappa shape index (κ1) is 14.9. The molecule has 0 unspecified atom stereocenters. The normalized spacial score (nSPS) is 16.8. The smallest absolute Gasteiger partial charge is 0.133 e. The molecule has 1 aromatic rings. The van der Waals surface area contributed by atoms with E-state index >= 15 is 0 Å². The minimum Gasteiger partial charge on any atom is -0.496 e. The Morgan fingerprint density at radius 1 is 1.26 bits per heavy atom. The molecular formula is C16H24BrNO. The minimum atomic E-state index is 0.777. The fourth-order valence-corrected chi connectivity index (χ4v) is 3.58. The summed E-state index contributed by atoms with van der Waals surface area (Å²) in [6, 6.07) is 7.19. The number of methoxy groups -OCH3 is 1. The molecule has 1 fully saturated rings. The zero-order valence-electron chi connectivity index (χ0n) is 12.0. The van der Waals surface area contributed by atoms with E-state index in [0.717, 1.165) is 29.4 Å². The maximum atomic E-state index is 5.29. The molecule has 0 N–H and O–H groups in total. The second-order valence-electron chi connectivity index (χ2n) is 5.32. The molecule has 106 valence electrons. The molecule has 1 aromatic carbocycles. The molecule has 0 aliphatic heterocycles. The quantitative estimate of drug-likeness (QED) is 0.783. The second-order valence-corrected chi connectivity index (χ2v) is 6.18. The number of rotatable bonds is 5. The van der Waals surface area contributed by atoms with Gasteiger partial charge in [0.1, 0.15) is 5.75 Å². The molecule has 0 amide bonds. The third kappa shape index (κ3) is 3.96. The maximum Gasteiger partial charge on any atom is 0.133 e. The monoisotopic (exact) mass is 325 g/mol. The van der Waals surface area contributed by atoms with Crippen LogP contribution in [0.25, 0.3) is 0 Å². The predicted octanol–water partition coefficient (Wildman–Crippen LogP) is 4.61. The Kier molecular flexibility index (Phi) is 5.71. The van der Waals surface area contributed by atoms with Crippen LogP contribution in [-0.4, -0.2) is 24.6 Å². The number of hydrogen-bond acceptors (Lipinski definition) is 2. The summed E-state index contributed by atoms with van der Waals surface area (Å²) in [7, 11) is 1.71. The number of nitrogens with zero attached hydrogens (tertiary/aromatic N) is 1. The highest BCUT2D eigenvalue weighted by Crippen LogP contribution is 2.28. The average Bonchev–Trinajstić information content (AvgIpc) is 2.46. The van der Waals surface area contributed by atoms with Crippen LogP contribution in [0.3, 0.4) is 0 Å². The summed E-state index contributed by atoms with van der Waals surface area (Å²) in [5.74, 6) is 0.907. The summed E-state index contributed by atoms with van der Waals surface area (Å²) >= 11 is 3.57. The lowest BCUT2D eigenvalue weighted by Gasteiger charge is -2.33. The molecule has 3 heteroatoms. The van der Waals surface area contributed by atoms with Crippen LogP contribution in [0.5, 0.6) is 5.75 Å². The van der Waals surface area contributed by atoms with Crippen LogP contribution in [0.4, 0.5) is 0 Å². The molecule has 2 rings (SSSR count). The molecule has 0 radical (unpaired) electrons. The van der Waals surface area contributed by atoms with Crippen LogP contribution in [-0.2, 0) is 6.54 Å². The van der Waals surface area contributed by atoms with Gasteiger partial charge in [0.2, 0.25) is 0 Å². The van der Waals surface area contributed by atoms with E-state index in [1.807, 2.05) is 6.07 Å². The van der Waals surface area contributed by atoms with E-state index in [0.29, 0.717) is 0 Å². The number of hydrogen-bond donors (Lipinski definition) is 0. The molecular weight excluding hydrogens is 302 g/mol. The number of ether oxygens (including phenoxy) is 1. The lowest BCUT2D eigenvalue weighted by molar-refractivity contribution is 0.156. The standard InChI is InChI=1S/C16H24BrNO/c1-3-18(14-7-5-4-6-8-14)12-13-9-10-16(19-2)15(17)11-13/h9-11,14H,3-8,12H2,1-2H3. The number of benzene rings is 1. The third-order valence-electron chi connectivity index (χ3n) is 4.10. The predicted molar refractivity (Wildman–Crippen MR) is 83.7 cm³/mol. The minimum absolute atomic E-state index is 0.777. The highest BCUT2D eigenvalue weighted by molar-refractivity contribution is 9.10. The summed E-state index contributed by atoms with van der Waals surface area (Å²) in [6.45, 7) is 4.45. The highest BCUT2D eigenvalue weighted by atomic mass is 79.9. The van der Waals surface area contributed by atoms with Crippen molar-refractivity contribution in [3.05, 3.63) is 28.2 Å². The lowest BCUT2D eigenvalue weighted by atomic mass is 9.94. The van der Waals surface area contributed by atoms with Gasteiger partial charge in [0.25, 0.3) is 0 Å². The van der Waals surface area contributed by atoms with Crippen LogP contribution in [0.15, 0.2) is 22.7 Å². The SMILES string of the molecule is CCN(Cc1ccc(OC)c(Br)c1)C1CCCCC1. The molecule has 0 aromatic heterocycles. The molecule has 0 saturated heterocycles. The Bertz CT molecular complexity index is 402. The van der Waals surface area contributed by atoms with Crippen molar-refractivity contribution in [2.24, 2.45) is 0 Å². The third-order valence-corrected chi connectivity index (χ3v) is 4.72. The van der Waals surface area contributed by atoms with Gasteiger partial charge in [-0.2, -0.15) is 0 Å². The van der Waals surface area contributed by atoms with Crippen LogP contribution < -0.4 is 4.74 Å². The van der Waals surface area contributed by atoms with E-state index in [-0.39, 0.29) is 0 Å². The van der Waals surface area contributed by atoms with Gasteiger partial charge in [0.05, 0.1) is 11.6 Å². The van der Waals surface area contributed by atoms with Gasteiger partial charge in [-0.25, -0.2) is 0 Å². The Labute approximate surface area is 125 Å². The molecule has 19 heavy (non-hydrogen) atoms. The van der Waals surface area contributed by atoms with Gasteiger partial charge in [-0.3, -0.25) is 4.90 Å². The van der Waals surface area contributed by atoms with E-state index in [4.69, 9.17) is 4.74 Å². The van der Waals surface area contributed by atoms with Gasteiger partial charge in [0.15, 0.2) is 0 Å². The molecule has 1 aliphatic carbocycles. The topological polar surface area (TPSA) is 12.5 Å². The zero-order chi connectivity index (χ0) is 13.7. The zero-order valence-corrected chi connectivity index (χ0v) is 13.6. The van der Waals surface area contributed by atoms with Gasteiger partial charge < -0.3 is 4.74 Å². The van der Waals surface area contributed by atoms with Crippen molar-refractivity contribution in [1.29, 1.82) is 0 Å². The van der Waals surface area contributed by atoms with Crippen LogP contribution in [0.1, 0.15) is 44.6 Å². The Hall–Kier alpha value is -0.540. The van der Waals surface area contributed by atoms with Crippen molar-refractivity contribution in [1.82, 2.24) is 4.90 Å². The van der Waals surface area contributed by atoms with Gasteiger partial charge in [0, 0.05) is 12.6 Å². The molecule has 1 saturated carbocycles. The lowest BCUT2D eigenvalue weighted by Crippen LogP contribution is -2.36. The van der Waals surface area contributed by atoms with E-state index < -0.39 is 0 Å². The Morgan fingerprint density at radius 3 is 2.58 bits per heavy atom. The number of halogens is 1. The van der Waals surface area contributed by atoms with Gasteiger partial charge in [-0.15, -0.1) is 0 Å². The van der Waals surface area contributed by atoms with E-state index in [1.54, 1.807) is 7.11 Å². The Morgan fingerprint density at radius 2 is 2.00 bits per heavy atom. The Balaban J connectivity index is 2.03. The fraction of sp³-hybridized carbons (Fsp3) is 0.625. The highest BCUT2D eigenvalue weighted by Gasteiger charge is 2.20. The van der Waals surface area contributed by atoms with Crippen molar-refractivity contribution < 1.29 is 4.74 Å². The maximum absolute atomic E-state index is 5.29. The molecule has 0 heterocycles. The summed E-state index contributed by atoms with van der Waals surface area (Å²) in [5.41, 5.74) is 1.36. The van der Waals surface area contributed by atoms with Crippen molar-refractivity contribution in [3.63, 3.8) is 0 Å².